The van der Waals surface area contributed by atoms with Crippen LogP contribution in [0.15, 0.2) is 48.7 Å². The van der Waals surface area contributed by atoms with Crippen molar-refractivity contribution in [3.05, 3.63) is 54.2 Å². The van der Waals surface area contributed by atoms with E-state index < -0.39 is 12.5 Å². The van der Waals surface area contributed by atoms with Crippen molar-refractivity contribution in [1.29, 1.82) is 0 Å². The minimum absolute atomic E-state index is 0.127. The average molecular weight is 288 g/mol. The third kappa shape index (κ3) is 2.24. The standard InChI is InChI=1S/C15H10F2N2O2/c16-13(17)11-4-2-1-3-10(11)12-6-5-9-7-8-19(15(20)21)14(9)18-12/h1-8,13H,(H,20,21). The van der Waals surface area contributed by atoms with Gasteiger partial charge < -0.3 is 5.11 Å². The van der Waals surface area contributed by atoms with Crippen molar-refractivity contribution < 1.29 is 18.7 Å². The number of rotatable bonds is 2. The lowest BCUT2D eigenvalue weighted by Gasteiger charge is -2.08. The molecule has 0 bridgehead atoms. The summed E-state index contributed by atoms with van der Waals surface area (Å²) in [5.41, 5.74) is 0.717. The van der Waals surface area contributed by atoms with E-state index in [0.717, 1.165) is 4.57 Å². The molecule has 0 radical (unpaired) electrons. The van der Waals surface area contributed by atoms with Crippen LogP contribution >= 0.6 is 0 Å². The third-order valence-corrected chi connectivity index (χ3v) is 3.21. The van der Waals surface area contributed by atoms with Crippen LogP contribution in [0.25, 0.3) is 22.3 Å². The zero-order valence-electron chi connectivity index (χ0n) is 10.7. The van der Waals surface area contributed by atoms with Crippen LogP contribution in [0.1, 0.15) is 12.0 Å². The van der Waals surface area contributed by atoms with Crippen molar-refractivity contribution in [1.82, 2.24) is 9.55 Å². The van der Waals surface area contributed by atoms with Gasteiger partial charge in [0.2, 0.25) is 0 Å². The van der Waals surface area contributed by atoms with E-state index in [1.54, 1.807) is 30.3 Å². The summed E-state index contributed by atoms with van der Waals surface area (Å²) >= 11 is 0. The van der Waals surface area contributed by atoms with Crippen LogP contribution < -0.4 is 0 Å². The maximum absolute atomic E-state index is 13.0. The van der Waals surface area contributed by atoms with Crippen molar-refractivity contribution in [2.24, 2.45) is 0 Å². The highest BCUT2D eigenvalue weighted by atomic mass is 19.3. The lowest BCUT2D eigenvalue weighted by atomic mass is 10.0. The summed E-state index contributed by atoms with van der Waals surface area (Å²) in [4.78, 5) is 15.3. The zero-order chi connectivity index (χ0) is 15.0. The van der Waals surface area contributed by atoms with Gasteiger partial charge in [-0.2, -0.15) is 0 Å². The van der Waals surface area contributed by atoms with E-state index >= 15 is 0 Å². The average Bonchev–Trinajstić information content (AvgIpc) is 2.90. The van der Waals surface area contributed by atoms with Gasteiger partial charge in [-0.3, -0.25) is 0 Å². The van der Waals surface area contributed by atoms with Gasteiger partial charge in [-0.25, -0.2) is 23.1 Å². The Morgan fingerprint density at radius 2 is 1.90 bits per heavy atom. The molecule has 1 aromatic carbocycles. The summed E-state index contributed by atoms with van der Waals surface area (Å²) in [6.45, 7) is 0. The normalized spacial score (nSPS) is 11.2. The first-order chi connectivity index (χ1) is 10.1. The molecule has 0 unspecified atom stereocenters. The highest BCUT2D eigenvalue weighted by Gasteiger charge is 2.16. The summed E-state index contributed by atoms with van der Waals surface area (Å²) < 4.78 is 27.1. The van der Waals surface area contributed by atoms with Gasteiger partial charge in [0.1, 0.15) is 5.65 Å². The summed E-state index contributed by atoms with van der Waals surface area (Å²) in [6.07, 6.45) is -2.41. The van der Waals surface area contributed by atoms with Crippen molar-refractivity contribution >= 4 is 17.1 Å². The molecule has 2 heterocycles. The molecule has 0 saturated carbocycles. The molecule has 0 aliphatic rings. The Morgan fingerprint density at radius 1 is 1.14 bits per heavy atom. The second-order valence-corrected chi connectivity index (χ2v) is 4.47. The Balaban J connectivity index is 2.22. The smallest absolute Gasteiger partial charge is 0.417 e. The molecule has 0 spiro atoms. The molecule has 1 N–H and O–H groups in total. The van der Waals surface area contributed by atoms with Gasteiger partial charge in [-0.05, 0) is 18.2 Å². The van der Waals surface area contributed by atoms with Crippen molar-refractivity contribution in [2.45, 2.75) is 6.43 Å². The van der Waals surface area contributed by atoms with Gasteiger partial charge in [0.25, 0.3) is 6.43 Å². The van der Waals surface area contributed by atoms with E-state index in [4.69, 9.17) is 5.11 Å². The van der Waals surface area contributed by atoms with E-state index in [1.807, 2.05) is 0 Å². The molecule has 4 nitrogen and oxygen atoms in total. The number of aromatic nitrogens is 2. The lowest BCUT2D eigenvalue weighted by molar-refractivity contribution is 0.152. The number of alkyl halides is 2. The number of nitrogens with zero attached hydrogens (tertiary/aromatic N) is 2. The molecular weight excluding hydrogens is 278 g/mol. The molecule has 0 saturated heterocycles. The molecule has 0 aliphatic carbocycles. The van der Waals surface area contributed by atoms with Crippen LogP contribution in [-0.4, -0.2) is 20.8 Å². The van der Waals surface area contributed by atoms with E-state index in [0.29, 0.717) is 16.6 Å². The van der Waals surface area contributed by atoms with E-state index in [2.05, 4.69) is 4.98 Å². The highest BCUT2D eigenvalue weighted by Crippen LogP contribution is 2.30. The maximum Gasteiger partial charge on any atom is 0.417 e. The summed E-state index contributed by atoms with van der Waals surface area (Å²) in [5.74, 6) is 0. The minimum Gasteiger partial charge on any atom is -0.464 e. The molecule has 21 heavy (non-hydrogen) atoms. The first-order valence-corrected chi connectivity index (χ1v) is 6.17. The fraction of sp³-hybridized carbons (Fsp3) is 0.0667. The quantitative estimate of drug-likeness (QED) is 0.770. The molecule has 3 aromatic rings. The van der Waals surface area contributed by atoms with Crippen LogP contribution in [0.4, 0.5) is 13.6 Å². The molecule has 0 atom stereocenters. The van der Waals surface area contributed by atoms with Gasteiger partial charge in [-0.1, -0.05) is 24.3 Å². The lowest BCUT2D eigenvalue weighted by Crippen LogP contribution is -2.07. The topological polar surface area (TPSA) is 55.1 Å². The Labute approximate surface area is 118 Å². The molecular formula is C15H10F2N2O2. The second kappa shape index (κ2) is 4.97. The monoisotopic (exact) mass is 288 g/mol. The summed E-state index contributed by atoms with van der Waals surface area (Å²) in [7, 11) is 0. The van der Waals surface area contributed by atoms with Gasteiger partial charge in [0.15, 0.2) is 0 Å². The van der Waals surface area contributed by atoms with Crippen LogP contribution in [-0.2, 0) is 0 Å². The van der Waals surface area contributed by atoms with Crippen molar-refractivity contribution in [3.8, 4) is 11.3 Å². The second-order valence-electron chi connectivity index (χ2n) is 4.47. The predicted octanol–water partition coefficient (Wildman–Crippen LogP) is 4.17. The maximum atomic E-state index is 13.0. The van der Waals surface area contributed by atoms with Gasteiger partial charge in [-0.15, -0.1) is 0 Å². The highest BCUT2D eigenvalue weighted by molar-refractivity contribution is 5.87. The van der Waals surface area contributed by atoms with Crippen LogP contribution in [0, 0.1) is 0 Å². The first kappa shape index (κ1) is 13.2. The molecule has 0 aliphatic heterocycles. The molecule has 2 aromatic heterocycles. The number of benzene rings is 1. The van der Waals surface area contributed by atoms with Crippen LogP contribution in [0.2, 0.25) is 0 Å². The molecule has 6 heteroatoms. The van der Waals surface area contributed by atoms with Gasteiger partial charge in [0.05, 0.1) is 5.69 Å². The first-order valence-electron chi connectivity index (χ1n) is 6.17. The van der Waals surface area contributed by atoms with Crippen LogP contribution in [0.5, 0.6) is 0 Å². The fourth-order valence-electron chi connectivity index (χ4n) is 2.23. The minimum atomic E-state index is -2.62. The molecule has 106 valence electrons. The van der Waals surface area contributed by atoms with E-state index in [9.17, 15) is 13.6 Å². The number of carboxylic acid groups (broad SMARTS) is 1. The number of hydrogen-bond acceptors (Lipinski definition) is 2. The molecule has 0 amide bonds. The largest absolute Gasteiger partial charge is 0.464 e. The van der Waals surface area contributed by atoms with Gasteiger partial charge in [0, 0.05) is 22.7 Å². The number of carbonyl (C=O) groups is 1. The predicted molar refractivity (Wildman–Crippen MR) is 73.5 cm³/mol. The van der Waals surface area contributed by atoms with Gasteiger partial charge >= 0.3 is 6.09 Å². The Morgan fingerprint density at radius 3 is 2.62 bits per heavy atom. The molecule has 0 fully saturated rings. The number of halogens is 2. The fourth-order valence-corrected chi connectivity index (χ4v) is 2.23. The van der Waals surface area contributed by atoms with Crippen molar-refractivity contribution in [3.63, 3.8) is 0 Å². The SMILES string of the molecule is O=C(O)n1ccc2ccc(-c3ccccc3C(F)F)nc21. The van der Waals surface area contributed by atoms with E-state index in [1.165, 1.54) is 18.3 Å². The molecule has 3 rings (SSSR count). The Kier molecular flexibility index (Phi) is 3.13. The summed E-state index contributed by atoms with van der Waals surface area (Å²) in [6, 6.07) is 10.9. The number of pyridine rings is 1. The number of hydrogen-bond donors (Lipinski definition) is 1. The van der Waals surface area contributed by atoms with E-state index in [-0.39, 0.29) is 11.2 Å². The van der Waals surface area contributed by atoms with Crippen molar-refractivity contribution in [2.75, 3.05) is 0 Å². The number of fused-ring (bicyclic) bond motifs is 1. The zero-order valence-corrected chi connectivity index (χ0v) is 10.7. The Bertz CT molecular complexity index is 827. The van der Waals surface area contributed by atoms with Crippen LogP contribution in [0.3, 0.4) is 0 Å². The summed E-state index contributed by atoms with van der Waals surface area (Å²) in [5, 5.41) is 9.71. The third-order valence-electron chi connectivity index (χ3n) is 3.21. The Hall–Kier alpha value is -2.76.